The predicted molar refractivity (Wildman–Crippen MR) is 91.2 cm³/mol. The molecule has 1 amide bonds. The Morgan fingerprint density at radius 2 is 2.10 bits per heavy atom. The predicted octanol–water partition coefficient (Wildman–Crippen LogP) is 3.05. The number of nitrogens with zero attached hydrogens (tertiary/aromatic N) is 2. The summed E-state index contributed by atoms with van der Waals surface area (Å²) in [6.45, 7) is 4.18. The Kier molecular flexibility index (Phi) is 6.61. The van der Waals surface area contributed by atoms with Crippen LogP contribution in [0.25, 0.3) is 0 Å². The maximum absolute atomic E-state index is 12.7. The van der Waals surface area contributed by atoms with Crippen LogP contribution < -0.4 is 10.2 Å². The summed E-state index contributed by atoms with van der Waals surface area (Å²) < 4.78 is 0. The highest BCUT2D eigenvalue weighted by atomic mass is 35.5. The van der Waals surface area contributed by atoms with Crippen molar-refractivity contribution < 1.29 is 4.79 Å². The number of thiazole rings is 1. The van der Waals surface area contributed by atoms with Gasteiger partial charge in [-0.2, -0.15) is 0 Å². The number of carbonyl (C=O) groups excluding carboxylic acids is 1. The number of aryl methyl sites for hydroxylation is 1. The molecule has 1 aliphatic rings. The van der Waals surface area contributed by atoms with Gasteiger partial charge in [-0.25, -0.2) is 4.98 Å². The number of para-hydroxylation sites is 1. The number of benzene rings is 1. The Bertz CT molecular complexity index is 618. The molecular weight excluding hydrogens is 329 g/mol. The first-order valence-corrected chi connectivity index (χ1v) is 7.16. The molecule has 1 aromatic heterocycles. The minimum atomic E-state index is 0. The van der Waals surface area contributed by atoms with E-state index >= 15 is 0 Å². The zero-order chi connectivity index (χ0) is 13.2. The van der Waals surface area contributed by atoms with Gasteiger partial charge in [0.15, 0.2) is 0 Å². The van der Waals surface area contributed by atoms with E-state index < -0.39 is 0 Å². The molecule has 2 aromatic rings. The third-order valence-electron chi connectivity index (χ3n) is 3.29. The van der Waals surface area contributed by atoms with Gasteiger partial charge in [0.25, 0.3) is 5.91 Å². The Morgan fingerprint density at radius 1 is 1.33 bits per heavy atom. The molecule has 4 nitrogen and oxygen atoms in total. The summed E-state index contributed by atoms with van der Waals surface area (Å²) in [5.74, 6) is 0.0520. The van der Waals surface area contributed by atoms with E-state index in [0.717, 1.165) is 34.9 Å². The number of rotatable bonds is 1. The molecule has 0 saturated carbocycles. The van der Waals surface area contributed by atoms with Crippen LogP contribution in [-0.4, -0.2) is 24.0 Å². The molecule has 1 aromatic carbocycles. The number of anilines is 1. The van der Waals surface area contributed by atoms with Gasteiger partial charge in [-0.1, -0.05) is 18.2 Å². The van der Waals surface area contributed by atoms with Crippen LogP contribution in [0.5, 0.6) is 0 Å². The van der Waals surface area contributed by atoms with Crippen molar-refractivity contribution in [2.24, 2.45) is 0 Å². The molecule has 0 bridgehead atoms. The van der Waals surface area contributed by atoms with E-state index in [-0.39, 0.29) is 30.7 Å². The van der Waals surface area contributed by atoms with Crippen molar-refractivity contribution in [3.05, 3.63) is 45.9 Å². The summed E-state index contributed by atoms with van der Waals surface area (Å²) >= 11 is 1.41. The van der Waals surface area contributed by atoms with Gasteiger partial charge in [-0.05, 0) is 18.6 Å². The van der Waals surface area contributed by atoms with E-state index in [0.29, 0.717) is 6.54 Å². The van der Waals surface area contributed by atoms with E-state index in [9.17, 15) is 4.79 Å². The minimum Gasteiger partial charge on any atom is -0.311 e. The highest BCUT2D eigenvalue weighted by Gasteiger charge is 2.24. The summed E-state index contributed by atoms with van der Waals surface area (Å²) in [4.78, 5) is 19.4. The summed E-state index contributed by atoms with van der Waals surface area (Å²) in [6.07, 6.45) is 0. The first-order chi connectivity index (χ1) is 9.27. The molecule has 0 saturated heterocycles. The van der Waals surface area contributed by atoms with Crippen LogP contribution in [0.4, 0.5) is 5.69 Å². The van der Waals surface area contributed by atoms with Gasteiger partial charge in [-0.15, -0.1) is 36.2 Å². The molecule has 0 aliphatic carbocycles. The zero-order valence-corrected chi connectivity index (χ0v) is 14.0. The van der Waals surface area contributed by atoms with Crippen LogP contribution in [0.3, 0.4) is 0 Å². The second kappa shape index (κ2) is 7.75. The quantitative estimate of drug-likeness (QED) is 0.863. The zero-order valence-electron chi connectivity index (χ0n) is 11.5. The molecule has 1 aliphatic heterocycles. The molecule has 0 spiro atoms. The van der Waals surface area contributed by atoms with Crippen molar-refractivity contribution in [1.29, 1.82) is 0 Å². The SMILES string of the molecule is Cc1ncsc1C(=O)N1CCNCc2ccccc21.Cl.Cl. The second-order valence-corrected chi connectivity index (χ2v) is 5.38. The molecule has 0 radical (unpaired) electrons. The fourth-order valence-electron chi connectivity index (χ4n) is 2.30. The Morgan fingerprint density at radius 3 is 2.81 bits per heavy atom. The molecule has 0 atom stereocenters. The Hall–Kier alpha value is -1.14. The number of halogens is 2. The fourth-order valence-corrected chi connectivity index (χ4v) is 3.05. The van der Waals surface area contributed by atoms with Crippen LogP contribution in [0.15, 0.2) is 29.8 Å². The van der Waals surface area contributed by atoms with Crippen LogP contribution in [-0.2, 0) is 6.54 Å². The van der Waals surface area contributed by atoms with Crippen LogP contribution >= 0.6 is 36.2 Å². The fraction of sp³-hybridized carbons (Fsp3) is 0.286. The van der Waals surface area contributed by atoms with Crippen LogP contribution in [0, 0.1) is 6.92 Å². The summed E-state index contributed by atoms with van der Waals surface area (Å²) in [5.41, 5.74) is 4.70. The third kappa shape index (κ3) is 3.55. The second-order valence-electron chi connectivity index (χ2n) is 4.53. The lowest BCUT2D eigenvalue weighted by molar-refractivity contribution is 0.0990. The first-order valence-electron chi connectivity index (χ1n) is 6.28. The lowest BCUT2D eigenvalue weighted by Gasteiger charge is -2.22. The Balaban J connectivity index is 0.00000110. The lowest BCUT2D eigenvalue weighted by Crippen LogP contribution is -2.34. The Labute approximate surface area is 140 Å². The van der Waals surface area contributed by atoms with Gasteiger partial charge in [-0.3, -0.25) is 4.79 Å². The van der Waals surface area contributed by atoms with Crippen molar-refractivity contribution in [3.63, 3.8) is 0 Å². The number of amides is 1. The van der Waals surface area contributed by atoms with Gasteiger partial charge in [0.05, 0.1) is 11.2 Å². The average Bonchev–Trinajstić information content (AvgIpc) is 2.74. The molecule has 21 heavy (non-hydrogen) atoms. The highest BCUT2D eigenvalue weighted by Crippen LogP contribution is 2.25. The van der Waals surface area contributed by atoms with Crippen molar-refractivity contribution in [1.82, 2.24) is 10.3 Å². The molecule has 0 unspecified atom stereocenters. The smallest absolute Gasteiger partial charge is 0.270 e. The van der Waals surface area contributed by atoms with Crippen molar-refractivity contribution in [3.8, 4) is 0 Å². The van der Waals surface area contributed by atoms with Gasteiger partial charge in [0.2, 0.25) is 0 Å². The molecule has 3 rings (SSSR count). The minimum absolute atomic E-state index is 0. The summed E-state index contributed by atoms with van der Waals surface area (Å²) in [6, 6.07) is 8.06. The molecule has 1 N–H and O–H groups in total. The largest absolute Gasteiger partial charge is 0.311 e. The topological polar surface area (TPSA) is 45.2 Å². The number of carbonyl (C=O) groups is 1. The van der Waals surface area contributed by atoms with E-state index in [1.807, 2.05) is 30.0 Å². The van der Waals surface area contributed by atoms with Gasteiger partial charge in [0.1, 0.15) is 4.88 Å². The van der Waals surface area contributed by atoms with Crippen LogP contribution in [0.2, 0.25) is 0 Å². The van der Waals surface area contributed by atoms with Gasteiger partial charge >= 0.3 is 0 Å². The monoisotopic (exact) mass is 345 g/mol. The van der Waals surface area contributed by atoms with Gasteiger partial charge in [0, 0.05) is 25.3 Å². The van der Waals surface area contributed by atoms with E-state index in [4.69, 9.17) is 0 Å². The lowest BCUT2D eigenvalue weighted by atomic mass is 10.1. The molecular formula is C14H17Cl2N3OS. The third-order valence-corrected chi connectivity index (χ3v) is 4.21. The van der Waals surface area contributed by atoms with Crippen molar-refractivity contribution in [2.75, 3.05) is 18.0 Å². The highest BCUT2D eigenvalue weighted by molar-refractivity contribution is 7.12. The molecule has 0 fully saturated rings. The average molecular weight is 346 g/mol. The van der Waals surface area contributed by atoms with E-state index in [1.165, 1.54) is 11.3 Å². The number of hydrogen-bond donors (Lipinski definition) is 1. The molecule has 2 heterocycles. The molecule has 7 heteroatoms. The molecule has 114 valence electrons. The van der Waals surface area contributed by atoms with Gasteiger partial charge < -0.3 is 10.2 Å². The number of nitrogens with one attached hydrogen (secondary N) is 1. The maximum Gasteiger partial charge on any atom is 0.270 e. The van der Waals surface area contributed by atoms with Crippen molar-refractivity contribution >= 4 is 47.7 Å². The summed E-state index contributed by atoms with van der Waals surface area (Å²) in [5, 5.41) is 3.34. The van der Waals surface area contributed by atoms with E-state index in [2.05, 4.69) is 16.4 Å². The van der Waals surface area contributed by atoms with Crippen LogP contribution in [0.1, 0.15) is 20.9 Å². The summed E-state index contributed by atoms with van der Waals surface area (Å²) in [7, 11) is 0. The van der Waals surface area contributed by atoms with E-state index in [1.54, 1.807) is 5.51 Å². The first kappa shape index (κ1) is 17.9. The number of hydrogen-bond acceptors (Lipinski definition) is 4. The van der Waals surface area contributed by atoms with Crippen molar-refractivity contribution in [2.45, 2.75) is 13.5 Å². The normalized spacial score (nSPS) is 13.5. The maximum atomic E-state index is 12.7. The standard InChI is InChI=1S/C14H15N3OS.2ClH/c1-10-13(19-9-16-10)14(18)17-7-6-15-8-11-4-2-3-5-12(11)17;;/h2-5,9,15H,6-8H2,1H3;2*1H. The number of fused-ring (bicyclic) bond motifs is 1. The number of aromatic nitrogens is 1.